The number of benzene rings is 1. The molecule has 1 aliphatic carbocycles. The van der Waals surface area contributed by atoms with E-state index in [4.69, 9.17) is 14.2 Å². The summed E-state index contributed by atoms with van der Waals surface area (Å²) in [5, 5.41) is 0. The van der Waals surface area contributed by atoms with Gasteiger partial charge in [0.15, 0.2) is 0 Å². The Labute approximate surface area is 191 Å². The topological polar surface area (TPSA) is 68.3 Å². The van der Waals surface area contributed by atoms with Crippen LogP contribution in [-0.4, -0.2) is 74.8 Å². The summed E-state index contributed by atoms with van der Waals surface area (Å²) in [6.07, 6.45) is 5.93. The van der Waals surface area contributed by atoms with Crippen molar-refractivity contribution in [1.29, 1.82) is 0 Å². The van der Waals surface area contributed by atoms with Gasteiger partial charge in [-0.1, -0.05) is 38.3 Å². The second-order valence-electron chi connectivity index (χ2n) is 8.34. The van der Waals surface area contributed by atoms with E-state index in [0.717, 1.165) is 49.8 Å². The third-order valence-corrected chi connectivity index (χ3v) is 6.09. The number of carbonyl (C=O) groups is 2. The molecule has 0 spiro atoms. The number of amides is 2. The minimum Gasteiger partial charge on any atom is -0.494 e. The molecule has 2 amide bonds. The van der Waals surface area contributed by atoms with Gasteiger partial charge in [-0.15, -0.1) is 0 Å². The molecule has 176 valence electrons. The number of hydrogen-bond acceptors (Lipinski definition) is 6. The number of ether oxygens (including phenoxy) is 3. The second-order valence-corrected chi connectivity index (χ2v) is 8.34. The molecule has 0 N–H and O–H groups in total. The van der Waals surface area contributed by atoms with Crippen molar-refractivity contribution in [2.24, 2.45) is 0 Å². The normalized spacial score (nSPS) is 17.4. The summed E-state index contributed by atoms with van der Waals surface area (Å²) in [4.78, 5) is 30.8. The Morgan fingerprint density at radius 3 is 2.09 bits per heavy atom. The van der Waals surface area contributed by atoms with E-state index in [1.807, 2.05) is 29.2 Å². The maximum absolute atomic E-state index is 13.7. The first kappa shape index (κ1) is 24.3. The minimum absolute atomic E-state index is 0.0323. The standard InChI is InChI=1S/C25H36N2O5/c1-4-16-32-21-12-10-19(11-13-21)22-23(26(14-17-30-2)15-18-31-3)25(29)27(24(22)28)20-8-6-5-7-9-20/h10-13,20H,4-9,14-18H2,1-3H3. The molecular weight excluding hydrogens is 408 g/mol. The van der Waals surface area contributed by atoms with Gasteiger partial charge in [-0.2, -0.15) is 0 Å². The number of nitrogens with zero attached hydrogens (tertiary/aromatic N) is 2. The van der Waals surface area contributed by atoms with Crippen molar-refractivity contribution < 1.29 is 23.8 Å². The van der Waals surface area contributed by atoms with Crippen LogP contribution in [0.5, 0.6) is 5.75 Å². The van der Waals surface area contributed by atoms with Crippen molar-refractivity contribution >= 4 is 17.4 Å². The van der Waals surface area contributed by atoms with Gasteiger partial charge >= 0.3 is 0 Å². The number of rotatable bonds is 12. The molecule has 0 radical (unpaired) electrons. The van der Waals surface area contributed by atoms with Crippen molar-refractivity contribution in [3.05, 3.63) is 35.5 Å². The van der Waals surface area contributed by atoms with E-state index in [1.54, 1.807) is 14.2 Å². The highest BCUT2D eigenvalue weighted by atomic mass is 16.5. The molecule has 1 aliphatic heterocycles. The first-order valence-corrected chi connectivity index (χ1v) is 11.7. The first-order chi connectivity index (χ1) is 15.6. The van der Waals surface area contributed by atoms with Crippen molar-refractivity contribution in [3.63, 3.8) is 0 Å². The van der Waals surface area contributed by atoms with Crippen LogP contribution < -0.4 is 4.74 Å². The molecule has 1 fully saturated rings. The summed E-state index contributed by atoms with van der Waals surface area (Å²) in [6, 6.07) is 7.45. The van der Waals surface area contributed by atoms with Crippen molar-refractivity contribution in [1.82, 2.24) is 9.80 Å². The van der Waals surface area contributed by atoms with Gasteiger partial charge in [0.25, 0.3) is 11.8 Å². The zero-order valence-electron chi connectivity index (χ0n) is 19.6. The molecule has 32 heavy (non-hydrogen) atoms. The van der Waals surface area contributed by atoms with Crippen LogP contribution >= 0.6 is 0 Å². The molecule has 0 saturated heterocycles. The molecule has 1 aromatic rings. The summed E-state index contributed by atoms with van der Waals surface area (Å²) in [6.45, 7) is 4.62. The van der Waals surface area contributed by atoms with Gasteiger partial charge in [0, 0.05) is 33.4 Å². The van der Waals surface area contributed by atoms with E-state index in [9.17, 15) is 9.59 Å². The van der Waals surface area contributed by atoms with Crippen LogP contribution in [0.1, 0.15) is 51.0 Å². The van der Waals surface area contributed by atoms with Crippen LogP contribution in [0.3, 0.4) is 0 Å². The van der Waals surface area contributed by atoms with Gasteiger partial charge in [0.1, 0.15) is 11.4 Å². The van der Waals surface area contributed by atoms with Crippen LogP contribution in [0, 0.1) is 0 Å². The van der Waals surface area contributed by atoms with Gasteiger partial charge in [0.2, 0.25) is 0 Å². The Balaban J connectivity index is 1.99. The number of carbonyl (C=O) groups excluding carboxylic acids is 2. The van der Waals surface area contributed by atoms with Crippen molar-refractivity contribution in [2.45, 2.75) is 51.5 Å². The smallest absolute Gasteiger partial charge is 0.278 e. The molecule has 1 saturated carbocycles. The fraction of sp³-hybridized carbons (Fsp3) is 0.600. The quantitative estimate of drug-likeness (QED) is 0.460. The van der Waals surface area contributed by atoms with Crippen molar-refractivity contribution in [3.8, 4) is 5.75 Å². The maximum Gasteiger partial charge on any atom is 0.278 e. The molecule has 7 heteroatoms. The SMILES string of the molecule is CCCOc1ccc(C2=C(N(CCOC)CCOC)C(=O)N(C3CCCCC3)C2=O)cc1. The van der Waals surface area contributed by atoms with E-state index in [-0.39, 0.29) is 17.9 Å². The van der Waals surface area contributed by atoms with E-state index in [0.29, 0.717) is 44.2 Å². The van der Waals surface area contributed by atoms with Gasteiger partial charge in [-0.25, -0.2) is 0 Å². The van der Waals surface area contributed by atoms with E-state index in [2.05, 4.69) is 6.92 Å². The summed E-state index contributed by atoms with van der Waals surface area (Å²) < 4.78 is 16.3. The fourth-order valence-electron chi connectivity index (χ4n) is 4.44. The molecular formula is C25H36N2O5. The predicted octanol–water partition coefficient (Wildman–Crippen LogP) is 3.48. The Morgan fingerprint density at radius 1 is 0.906 bits per heavy atom. The average Bonchev–Trinajstić information content (AvgIpc) is 3.08. The fourth-order valence-corrected chi connectivity index (χ4v) is 4.44. The maximum atomic E-state index is 13.7. The first-order valence-electron chi connectivity index (χ1n) is 11.7. The molecule has 0 aromatic heterocycles. The third kappa shape index (κ3) is 5.51. The number of methoxy groups -OCH3 is 2. The molecule has 0 atom stereocenters. The van der Waals surface area contributed by atoms with Gasteiger partial charge in [0.05, 0.1) is 25.4 Å². The predicted molar refractivity (Wildman–Crippen MR) is 123 cm³/mol. The van der Waals surface area contributed by atoms with Crippen molar-refractivity contribution in [2.75, 3.05) is 47.1 Å². The van der Waals surface area contributed by atoms with Gasteiger partial charge in [-0.05, 0) is 37.0 Å². The zero-order chi connectivity index (χ0) is 22.9. The highest BCUT2D eigenvalue weighted by Gasteiger charge is 2.44. The van der Waals surface area contributed by atoms with Crippen LogP contribution in [0.4, 0.5) is 0 Å². The summed E-state index contributed by atoms with van der Waals surface area (Å²) in [5.41, 5.74) is 1.66. The third-order valence-electron chi connectivity index (χ3n) is 6.09. The summed E-state index contributed by atoms with van der Waals surface area (Å²) >= 11 is 0. The van der Waals surface area contributed by atoms with Gasteiger partial charge in [-0.3, -0.25) is 14.5 Å². The van der Waals surface area contributed by atoms with Crippen LogP contribution in [0.2, 0.25) is 0 Å². The van der Waals surface area contributed by atoms with E-state index < -0.39 is 0 Å². The Bertz CT molecular complexity index is 791. The molecule has 0 unspecified atom stereocenters. The molecule has 7 nitrogen and oxygen atoms in total. The highest BCUT2D eigenvalue weighted by Crippen LogP contribution is 2.36. The van der Waals surface area contributed by atoms with E-state index >= 15 is 0 Å². The molecule has 1 aromatic carbocycles. The Kier molecular flexibility index (Phi) is 9.11. The molecule has 1 heterocycles. The average molecular weight is 445 g/mol. The number of hydrogen-bond donors (Lipinski definition) is 0. The minimum atomic E-state index is -0.199. The summed E-state index contributed by atoms with van der Waals surface area (Å²) in [7, 11) is 3.27. The highest BCUT2D eigenvalue weighted by molar-refractivity contribution is 6.35. The molecule has 0 bridgehead atoms. The molecule has 3 rings (SSSR count). The van der Waals surface area contributed by atoms with Crippen LogP contribution in [0.15, 0.2) is 30.0 Å². The zero-order valence-corrected chi connectivity index (χ0v) is 19.6. The lowest BCUT2D eigenvalue weighted by atomic mass is 9.94. The lowest BCUT2D eigenvalue weighted by Gasteiger charge is -2.31. The molecule has 2 aliphatic rings. The summed E-state index contributed by atoms with van der Waals surface area (Å²) in [5.74, 6) is 0.364. The lowest BCUT2D eigenvalue weighted by molar-refractivity contribution is -0.141. The van der Waals surface area contributed by atoms with Crippen LogP contribution in [-0.2, 0) is 19.1 Å². The van der Waals surface area contributed by atoms with E-state index in [1.165, 1.54) is 4.90 Å². The Hall–Kier alpha value is -2.38. The second kappa shape index (κ2) is 12.0. The van der Waals surface area contributed by atoms with Gasteiger partial charge < -0.3 is 19.1 Å². The lowest BCUT2D eigenvalue weighted by Crippen LogP contribution is -2.44. The van der Waals surface area contributed by atoms with Crippen LogP contribution in [0.25, 0.3) is 5.57 Å². The monoisotopic (exact) mass is 444 g/mol. The number of imide groups is 1. The largest absolute Gasteiger partial charge is 0.494 e. The Morgan fingerprint density at radius 2 is 1.53 bits per heavy atom.